The quantitative estimate of drug-likeness (QED) is 0.756. The van der Waals surface area contributed by atoms with Gasteiger partial charge in [-0.3, -0.25) is 4.79 Å². The van der Waals surface area contributed by atoms with Crippen molar-refractivity contribution < 1.29 is 4.79 Å². The predicted molar refractivity (Wildman–Crippen MR) is 94.2 cm³/mol. The van der Waals surface area contributed by atoms with E-state index in [0.29, 0.717) is 26.7 Å². The van der Waals surface area contributed by atoms with Gasteiger partial charge in [0.05, 0.1) is 18.2 Å². The number of aromatic nitrogens is 2. The Labute approximate surface area is 147 Å². The van der Waals surface area contributed by atoms with Gasteiger partial charge < -0.3 is 10.2 Å². The Balaban J connectivity index is 2.05. The van der Waals surface area contributed by atoms with Gasteiger partial charge in [-0.05, 0) is 18.2 Å². The van der Waals surface area contributed by atoms with E-state index >= 15 is 0 Å². The van der Waals surface area contributed by atoms with E-state index in [0.717, 1.165) is 0 Å². The minimum absolute atomic E-state index is 0.103. The molecule has 1 aromatic heterocycles. The molecule has 0 saturated carbocycles. The minimum atomic E-state index is -0.103. The van der Waals surface area contributed by atoms with Crippen LogP contribution in [0.1, 0.15) is 6.42 Å². The third-order valence-corrected chi connectivity index (χ3v) is 5.10. The first-order valence-corrected chi connectivity index (χ1v) is 8.89. The van der Waals surface area contributed by atoms with E-state index in [2.05, 4.69) is 21.6 Å². The Morgan fingerprint density at radius 2 is 2.35 bits per heavy atom. The number of nitrogens with one attached hydrogen (secondary N) is 1. The van der Waals surface area contributed by atoms with Gasteiger partial charge in [0, 0.05) is 24.3 Å². The zero-order valence-corrected chi connectivity index (χ0v) is 14.7. The molecule has 1 aromatic carbocycles. The maximum Gasteiger partial charge on any atom is 0.237 e. The van der Waals surface area contributed by atoms with Gasteiger partial charge in [-0.25, -0.2) is 0 Å². The number of nitriles is 1. The summed E-state index contributed by atoms with van der Waals surface area (Å²) in [5.41, 5.74) is 0.687. The number of carbonyl (C=O) groups excluding carboxylic acids is 1. The van der Waals surface area contributed by atoms with Crippen molar-refractivity contribution in [3.8, 4) is 6.07 Å². The monoisotopic (exact) mass is 367 g/mol. The first-order valence-electron chi connectivity index (χ1n) is 6.71. The van der Waals surface area contributed by atoms with Crippen molar-refractivity contribution in [1.29, 1.82) is 5.26 Å². The van der Waals surface area contributed by atoms with Crippen LogP contribution in [0.15, 0.2) is 28.6 Å². The summed E-state index contributed by atoms with van der Waals surface area (Å²) in [6, 6.07) is 9.10. The smallest absolute Gasteiger partial charge is 0.237 e. The summed E-state index contributed by atoms with van der Waals surface area (Å²) < 4.78 is 0.717. The number of thioether (sulfide) groups is 1. The number of benzene rings is 1. The molecule has 120 valence electrons. The van der Waals surface area contributed by atoms with Gasteiger partial charge >= 0.3 is 0 Å². The molecular formula is C14H14ClN5OS2. The number of anilines is 2. The number of hydrogen-bond acceptors (Lipinski definition) is 7. The molecule has 0 atom stereocenters. The molecule has 0 bridgehead atoms. The summed E-state index contributed by atoms with van der Waals surface area (Å²) in [4.78, 5) is 14.1. The van der Waals surface area contributed by atoms with Gasteiger partial charge in [-0.2, -0.15) is 5.26 Å². The van der Waals surface area contributed by atoms with E-state index in [9.17, 15) is 4.79 Å². The Kier molecular flexibility index (Phi) is 6.65. The van der Waals surface area contributed by atoms with Gasteiger partial charge in [0.25, 0.3) is 0 Å². The average Bonchev–Trinajstić information content (AvgIpc) is 3.01. The number of nitrogens with zero attached hydrogens (tertiary/aromatic N) is 4. The first kappa shape index (κ1) is 17.5. The largest absolute Gasteiger partial charge is 0.363 e. The lowest BCUT2D eigenvalue weighted by Gasteiger charge is -2.21. The van der Waals surface area contributed by atoms with Gasteiger partial charge in [-0.1, -0.05) is 40.8 Å². The van der Waals surface area contributed by atoms with Gasteiger partial charge in [0.2, 0.25) is 11.0 Å². The van der Waals surface area contributed by atoms with Crippen LogP contribution < -0.4 is 10.2 Å². The second-order valence-electron chi connectivity index (χ2n) is 4.35. The molecule has 1 N–H and O–H groups in total. The molecule has 2 aromatic rings. The lowest BCUT2D eigenvalue weighted by Crippen LogP contribution is -2.33. The fraction of sp³-hybridized carbons (Fsp3) is 0.286. The SMILES string of the molecule is CNc1nnc(SCC(=O)N(CCC#N)c2cccc(Cl)c2)s1. The predicted octanol–water partition coefficient (Wildman–Crippen LogP) is 3.27. The Morgan fingerprint density at radius 1 is 1.52 bits per heavy atom. The van der Waals surface area contributed by atoms with E-state index in [4.69, 9.17) is 16.9 Å². The Hall–Kier alpha value is -1.82. The molecule has 0 aliphatic carbocycles. The van der Waals surface area contributed by atoms with E-state index in [1.165, 1.54) is 23.1 Å². The zero-order chi connectivity index (χ0) is 16.7. The van der Waals surface area contributed by atoms with Crippen LogP contribution in [0.3, 0.4) is 0 Å². The Morgan fingerprint density at radius 3 is 3.00 bits per heavy atom. The Bertz CT molecular complexity index is 715. The van der Waals surface area contributed by atoms with Crippen molar-refractivity contribution in [1.82, 2.24) is 10.2 Å². The number of rotatable bonds is 7. The first-order chi connectivity index (χ1) is 11.1. The van der Waals surface area contributed by atoms with Gasteiger partial charge in [0.15, 0.2) is 4.34 Å². The second-order valence-corrected chi connectivity index (χ2v) is 6.98. The van der Waals surface area contributed by atoms with Crippen LogP contribution in [0.25, 0.3) is 0 Å². The highest BCUT2D eigenvalue weighted by Gasteiger charge is 2.17. The van der Waals surface area contributed by atoms with Crippen molar-refractivity contribution in [3.05, 3.63) is 29.3 Å². The van der Waals surface area contributed by atoms with E-state index in [-0.39, 0.29) is 18.1 Å². The highest BCUT2D eigenvalue weighted by Crippen LogP contribution is 2.26. The van der Waals surface area contributed by atoms with Crippen LogP contribution in [-0.2, 0) is 4.79 Å². The van der Waals surface area contributed by atoms with Crippen molar-refractivity contribution in [2.45, 2.75) is 10.8 Å². The number of amides is 1. The molecule has 0 radical (unpaired) electrons. The fourth-order valence-corrected chi connectivity index (χ4v) is 3.54. The van der Waals surface area contributed by atoms with Crippen molar-refractivity contribution in [2.75, 3.05) is 29.6 Å². The second kappa shape index (κ2) is 8.72. The summed E-state index contributed by atoms with van der Waals surface area (Å²) in [7, 11) is 1.77. The minimum Gasteiger partial charge on any atom is -0.363 e. The molecule has 0 saturated heterocycles. The van der Waals surface area contributed by atoms with Crippen LogP contribution >= 0.6 is 34.7 Å². The maximum atomic E-state index is 12.5. The molecule has 1 heterocycles. The number of hydrogen-bond donors (Lipinski definition) is 1. The van der Waals surface area contributed by atoms with Crippen LogP contribution in [0.2, 0.25) is 5.02 Å². The van der Waals surface area contributed by atoms with Crippen molar-refractivity contribution in [3.63, 3.8) is 0 Å². The average molecular weight is 368 g/mol. The molecule has 0 fully saturated rings. The molecule has 2 rings (SSSR count). The summed E-state index contributed by atoms with van der Waals surface area (Å²) in [6.07, 6.45) is 0.256. The molecule has 0 spiro atoms. The molecule has 9 heteroatoms. The fourth-order valence-electron chi connectivity index (χ4n) is 1.77. The number of carbonyl (C=O) groups is 1. The summed E-state index contributed by atoms with van der Waals surface area (Å²) in [6.45, 7) is 0.328. The molecule has 1 amide bonds. The van der Waals surface area contributed by atoms with Crippen LogP contribution in [-0.4, -0.2) is 35.4 Å². The molecule has 6 nitrogen and oxygen atoms in total. The standard InChI is InChI=1S/C14H14ClN5OS2/c1-17-13-18-19-14(23-13)22-9-12(21)20(7-3-6-16)11-5-2-4-10(15)8-11/h2,4-5,8H,3,7,9H2,1H3,(H,17,18). The topological polar surface area (TPSA) is 81.9 Å². The maximum absolute atomic E-state index is 12.5. The highest BCUT2D eigenvalue weighted by atomic mass is 35.5. The van der Waals surface area contributed by atoms with Crippen LogP contribution in [0.4, 0.5) is 10.8 Å². The van der Waals surface area contributed by atoms with E-state index in [1.807, 2.05) is 0 Å². The lowest BCUT2D eigenvalue weighted by atomic mass is 10.2. The van der Waals surface area contributed by atoms with Crippen LogP contribution in [0.5, 0.6) is 0 Å². The highest BCUT2D eigenvalue weighted by molar-refractivity contribution is 8.01. The summed E-state index contributed by atoms with van der Waals surface area (Å²) >= 11 is 8.70. The molecular weight excluding hydrogens is 354 g/mol. The zero-order valence-electron chi connectivity index (χ0n) is 12.3. The lowest BCUT2D eigenvalue weighted by molar-refractivity contribution is -0.116. The summed E-state index contributed by atoms with van der Waals surface area (Å²) in [5, 5.41) is 20.9. The van der Waals surface area contributed by atoms with Gasteiger partial charge in [0.1, 0.15) is 0 Å². The van der Waals surface area contributed by atoms with E-state index < -0.39 is 0 Å². The van der Waals surface area contributed by atoms with E-state index in [1.54, 1.807) is 36.2 Å². The molecule has 23 heavy (non-hydrogen) atoms. The molecule has 0 aliphatic heterocycles. The van der Waals surface area contributed by atoms with Crippen molar-refractivity contribution >= 4 is 51.4 Å². The summed E-state index contributed by atoms with van der Waals surface area (Å²) in [5.74, 6) is 0.116. The van der Waals surface area contributed by atoms with Crippen LogP contribution in [0, 0.1) is 11.3 Å². The normalized spacial score (nSPS) is 10.1. The third kappa shape index (κ3) is 5.10. The number of halogens is 1. The van der Waals surface area contributed by atoms with Gasteiger partial charge in [-0.15, -0.1) is 10.2 Å². The third-order valence-electron chi connectivity index (χ3n) is 2.81. The molecule has 0 aliphatic rings. The van der Waals surface area contributed by atoms with Crippen molar-refractivity contribution in [2.24, 2.45) is 0 Å². The molecule has 0 unspecified atom stereocenters.